The molecule has 0 spiro atoms. The lowest BCUT2D eigenvalue weighted by atomic mass is 10.1. The van der Waals surface area contributed by atoms with Crippen LogP contribution in [0.3, 0.4) is 0 Å². The highest BCUT2D eigenvalue weighted by atomic mass is 35.5. The molecule has 4 nitrogen and oxygen atoms in total. The molecule has 6 heteroatoms. The van der Waals surface area contributed by atoms with Gasteiger partial charge in [-0.2, -0.15) is 0 Å². The van der Waals surface area contributed by atoms with Crippen LogP contribution in [0.4, 0.5) is 5.69 Å². The maximum Gasteiger partial charge on any atom is 0.173 e. The predicted octanol–water partition coefficient (Wildman–Crippen LogP) is 8.01. The van der Waals surface area contributed by atoms with Crippen molar-refractivity contribution in [1.29, 1.82) is 0 Å². The van der Waals surface area contributed by atoms with Crippen molar-refractivity contribution >= 4 is 34.6 Å². The second kappa shape index (κ2) is 14.7. The SMILES string of the molecule is Cc1ccc(NC(=S)N(CCCN(CC(C)C)CC(C)C)Cc2cccn2Cc2ccc(Cl)cc2)c(C)c1. The zero-order valence-corrected chi connectivity index (χ0v) is 25.6. The van der Waals surface area contributed by atoms with Crippen LogP contribution in [-0.2, 0) is 13.1 Å². The van der Waals surface area contributed by atoms with Crippen LogP contribution in [-0.4, -0.2) is 45.7 Å². The molecule has 206 valence electrons. The number of halogens is 1. The maximum atomic E-state index is 6.10. The van der Waals surface area contributed by atoms with Gasteiger partial charge in [0, 0.05) is 48.8 Å². The van der Waals surface area contributed by atoms with Crippen molar-refractivity contribution in [2.45, 2.75) is 61.1 Å². The van der Waals surface area contributed by atoms with Crippen molar-refractivity contribution in [3.63, 3.8) is 0 Å². The second-order valence-electron chi connectivity index (χ2n) is 11.3. The predicted molar refractivity (Wildman–Crippen MR) is 168 cm³/mol. The van der Waals surface area contributed by atoms with Gasteiger partial charge in [0.25, 0.3) is 0 Å². The van der Waals surface area contributed by atoms with Gasteiger partial charge in [-0.3, -0.25) is 0 Å². The van der Waals surface area contributed by atoms with Crippen LogP contribution in [0.25, 0.3) is 0 Å². The summed E-state index contributed by atoms with van der Waals surface area (Å²) in [5.74, 6) is 1.32. The number of hydrogen-bond donors (Lipinski definition) is 1. The van der Waals surface area contributed by atoms with E-state index < -0.39 is 0 Å². The Balaban J connectivity index is 1.75. The van der Waals surface area contributed by atoms with E-state index in [1.807, 2.05) is 12.1 Å². The lowest BCUT2D eigenvalue weighted by Gasteiger charge is -2.30. The molecule has 0 saturated heterocycles. The zero-order chi connectivity index (χ0) is 27.7. The highest BCUT2D eigenvalue weighted by molar-refractivity contribution is 7.80. The van der Waals surface area contributed by atoms with Crippen LogP contribution in [0.15, 0.2) is 60.8 Å². The molecule has 0 aliphatic heterocycles. The minimum absolute atomic E-state index is 0.660. The van der Waals surface area contributed by atoms with E-state index in [1.165, 1.54) is 22.4 Å². The van der Waals surface area contributed by atoms with Crippen LogP contribution in [0.5, 0.6) is 0 Å². The number of rotatable bonds is 13. The van der Waals surface area contributed by atoms with E-state index in [1.54, 1.807) is 0 Å². The van der Waals surface area contributed by atoms with Crippen LogP contribution in [0.2, 0.25) is 5.02 Å². The van der Waals surface area contributed by atoms with Crippen LogP contribution in [0, 0.1) is 25.7 Å². The van der Waals surface area contributed by atoms with Crippen molar-refractivity contribution in [2.24, 2.45) is 11.8 Å². The number of nitrogens with one attached hydrogen (secondary N) is 1. The van der Waals surface area contributed by atoms with Crippen molar-refractivity contribution in [2.75, 3.05) is 31.5 Å². The van der Waals surface area contributed by atoms with Crippen LogP contribution >= 0.6 is 23.8 Å². The third-order valence-corrected chi connectivity index (χ3v) is 7.21. The summed E-state index contributed by atoms with van der Waals surface area (Å²) in [4.78, 5) is 4.93. The minimum Gasteiger partial charge on any atom is -0.345 e. The standard InChI is InChI=1S/C32H45ClN4S/c1-24(2)20-35(21-25(3)4)16-8-18-37(32(38)34-31-15-10-26(5)19-27(31)6)23-30-9-7-17-36(30)22-28-11-13-29(33)14-12-28/h7,9-15,17,19,24-25H,8,16,18,20-23H2,1-6H3,(H,34,38). The van der Waals surface area contributed by atoms with E-state index in [2.05, 4.69) is 110 Å². The first-order valence-corrected chi connectivity index (χ1v) is 14.6. The molecule has 3 rings (SSSR count). The van der Waals surface area contributed by atoms with Crippen molar-refractivity contribution in [3.8, 4) is 0 Å². The minimum atomic E-state index is 0.660. The van der Waals surface area contributed by atoms with Gasteiger partial charge in [0.2, 0.25) is 0 Å². The highest BCUT2D eigenvalue weighted by Crippen LogP contribution is 2.19. The summed E-state index contributed by atoms with van der Waals surface area (Å²) in [6.07, 6.45) is 3.21. The normalized spacial score (nSPS) is 11.5. The van der Waals surface area contributed by atoms with Gasteiger partial charge in [-0.25, -0.2) is 0 Å². The molecule has 0 unspecified atom stereocenters. The average Bonchev–Trinajstić information content (AvgIpc) is 3.27. The summed E-state index contributed by atoms with van der Waals surface area (Å²) in [7, 11) is 0. The number of anilines is 1. The average molecular weight is 553 g/mol. The summed E-state index contributed by atoms with van der Waals surface area (Å²) < 4.78 is 2.31. The van der Waals surface area contributed by atoms with Crippen molar-refractivity contribution < 1.29 is 0 Å². The second-order valence-corrected chi connectivity index (χ2v) is 12.1. The van der Waals surface area contributed by atoms with Gasteiger partial charge < -0.3 is 19.7 Å². The van der Waals surface area contributed by atoms with E-state index >= 15 is 0 Å². The number of aromatic nitrogens is 1. The fraction of sp³-hybridized carbons (Fsp3) is 0.469. The third-order valence-electron chi connectivity index (χ3n) is 6.60. The molecule has 0 saturated carbocycles. The Morgan fingerprint density at radius 3 is 2.26 bits per heavy atom. The van der Waals surface area contributed by atoms with E-state index in [-0.39, 0.29) is 0 Å². The number of nitrogens with zero attached hydrogens (tertiary/aromatic N) is 3. The highest BCUT2D eigenvalue weighted by Gasteiger charge is 2.16. The van der Waals surface area contributed by atoms with Gasteiger partial charge in [-0.05, 0) is 92.3 Å². The molecular formula is C32H45ClN4S. The van der Waals surface area contributed by atoms with E-state index in [4.69, 9.17) is 23.8 Å². The monoisotopic (exact) mass is 552 g/mol. The molecule has 0 bridgehead atoms. The molecule has 0 atom stereocenters. The molecule has 0 aliphatic carbocycles. The molecule has 2 aromatic carbocycles. The summed E-state index contributed by atoms with van der Waals surface area (Å²) in [5, 5.41) is 5.08. The number of benzene rings is 2. The Labute approximate surface area is 241 Å². The summed E-state index contributed by atoms with van der Waals surface area (Å²) in [5.41, 5.74) is 6.01. The van der Waals surface area contributed by atoms with Gasteiger partial charge in [0.1, 0.15) is 0 Å². The van der Waals surface area contributed by atoms with E-state index in [9.17, 15) is 0 Å². The smallest absolute Gasteiger partial charge is 0.173 e. The fourth-order valence-corrected chi connectivity index (χ4v) is 5.30. The molecule has 1 aromatic heterocycles. The van der Waals surface area contributed by atoms with Gasteiger partial charge in [-0.1, -0.05) is 69.1 Å². The van der Waals surface area contributed by atoms with Gasteiger partial charge in [0.05, 0.1) is 6.54 Å². The van der Waals surface area contributed by atoms with Gasteiger partial charge in [0.15, 0.2) is 5.11 Å². The molecular weight excluding hydrogens is 508 g/mol. The van der Waals surface area contributed by atoms with Crippen molar-refractivity contribution in [1.82, 2.24) is 14.4 Å². The quantitative estimate of drug-likeness (QED) is 0.217. The lowest BCUT2D eigenvalue weighted by Crippen LogP contribution is -2.38. The molecule has 0 aliphatic rings. The topological polar surface area (TPSA) is 23.4 Å². The van der Waals surface area contributed by atoms with Crippen LogP contribution in [0.1, 0.15) is 56.5 Å². The van der Waals surface area contributed by atoms with Crippen molar-refractivity contribution in [3.05, 3.63) is 88.2 Å². The summed E-state index contributed by atoms with van der Waals surface area (Å²) >= 11 is 12.1. The first-order chi connectivity index (χ1) is 18.1. The fourth-order valence-electron chi connectivity index (χ4n) is 4.90. The van der Waals surface area contributed by atoms with Gasteiger partial charge >= 0.3 is 0 Å². The number of thiocarbonyl (C=S) groups is 1. The number of hydrogen-bond acceptors (Lipinski definition) is 2. The first-order valence-electron chi connectivity index (χ1n) is 13.8. The number of aryl methyl sites for hydroxylation is 2. The largest absolute Gasteiger partial charge is 0.345 e. The van der Waals surface area contributed by atoms with Gasteiger partial charge in [-0.15, -0.1) is 0 Å². The Bertz CT molecular complexity index is 1140. The summed E-state index contributed by atoms with van der Waals surface area (Å²) in [6.45, 7) is 19.3. The molecule has 0 fully saturated rings. The third kappa shape index (κ3) is 9.76. The van der Waals surface area contributed by atoms with E-state index in [0.717, 1.165) is 61.5 Å². The first kappa shape index (κ1) is 30.2. The Hall–Kier alpha value is -2.34. The lowest BCUT2D eigenvalue weighted by molar-refractivity contribution is 0.209. The zero-order valence-electron chi connectivity index (χ0n) is 24.0. The molecule has 3 aromatic rings. The molecule has 38 heavy (non-hydrogen) atoms. The Morgan fingerprint density at radius 2 is 1.63 bits per heavy atom. The van der Waals surface area contributed by atoms with Crippen LogP contribution < -0.4 is 5.32 Å². The molecule has 0 amide bonds. The molecule has 1 N–H and O–H groups in total. The Kier molecular flexibility index (Phi) is 11.7. The molecule has 1 heterocycles. The summed E-state index contributed by atoms with van der Waals surface area (Å²) in [6, 6.07) is 18.9. The molecule has 0 radical (unpaired) electrons. The maximum absolute atomic E-state index is 6.10. The van der Waals surface area contributed by atoms with E-state index in [0.29, 0.717) is 11.8 Å². The Morgan fingerprint density at radius 1 is 0.947 bits per heavy atom.